The SMILES string of the molecule is Oc1ccc(Cl)c(C(O)C(O)CCCl)c1. The highest BCUT2D eigenvalue weighted by Crippen LogP contribution is 2.29. The summed E-state index contributed by atoms with van der Waals surface area (Å²) in [5, 5.41) is 28.8. The van der Waals surface area contributed by atoms with Gasteiger partial charge in [0.1, 0.15) is 11.9 Å². The molecule has 5 heteroatoms. The van der Waals surface area contributed by atoms with Crippen LogP contribution in [0.1, 0.15) is 18.1 Å². The predicted octanol–water partition coefficient (Wildman–Crippen LogP) is 2.07. The third kappa shape index (κ3) is 3.24. The van der Waals surface area contributed by atoms with Crippen LogP contribution in [0.25, 0.3) is 0 Å². The zero-order valence-corrected chi connectivity index (χ0v) is 9.41. The Morgan fingerprint density at radius 1 is 1.27 bits per heavy atom. The highest BCUT2D eigenvalue weighted by Gasteiger charge is 2.20. The number of benzene rings is 1. The van der Waals surface area contributed by atoms with E-state index in [-0.39, 0.29) is 18.1 Å². The molecule has 0 aromatic heterocycles. The van der Waals surface area contributed by atoms with Gasteiger partial charge in [0.15, 0.2) is 0 Å². The lowest BCUT2D eigenvalue weighted by Gasteiger charge is -2.18. The summed E-state index contributed by atoms with van der Waals surface area (Å²) in [6.45, 7) is 0. The molecule has 0 saturated carbocycles. The first kappa shape index (κ1) is 12.6. The fraction of sp³-hybridized carbons (Fsp3) is 0.400. The standard InChI is InChI=1S/C10H12Cl2O3/c11-4-3-9(14)10(15)7-5-6(13)1-2-8(7)12/h1-2,5,9-10,13-15H,3-4H2. The molecule has 0 aliphatic carbocycles. The summed E-state index contributed by atoms with van der Waals surface area (Å²) in [7, 11) is 0. The third-order valence-electron chi connectivity index (χ3n) is 2.07. The van der Waals surface area contributed by atoms with E-state index in [9.17, 15) is 15.3 Å². The Morgan fingerprint density at radius 3 is 2.53 bits per heavy atom. The molecule has 15 heavy (non-hydrogen) atoms. The van der Waals surface area contributed by atoms with Crippen molar-refractivity contribution in [2.45, 2.75) is 18.6 Å². The number of halogens is 2. The normalized spacial score (nSPS) is 14.9. The Hall–Kier alpha value is -0.480. The monoisotopic (exact) mass is 250 g/mol. The van der Waals surface area contributed by atoms with E-state index in [2.05, 4.69) is 0 Å². The second kappa shape index (κ2) is 5.56. The molecular weight excluding hydrogens is 239 g/mol. The van der Waals surface area contributed by atoms with Crippen molar-refractivity contribution in [3.8, 4) is 5.75 Å². The number of rotatable bonds is 4. The number of aromatic hydroxyl groups is 1. The van der Waals surface area contributed by atoms with Crippen LogP contribution < -0.4 is 0 Å². The van der Waals surface area contributed by atoms with Gasteiger partial charge >= 0.3 is 0 Å². The van der Waals surface area contributed by atoms with Crippen LogP contribution in [0.2, 0.25) is 5.02 Å². The minimum Gasteiger partial charge on any atom is -0.508 e. The van der Waals surface area contributed by atoms with Gasteiger partial charge in [-0.25, -0.2) is 0 Å². The minimum atomic E-state index is -1.14. The van der Waals surface area contributed by atoms with Gasteiger partial charge < -0.3 is 15.3 Å². The van der Waals surface area contributed by atoms with Crippen LogP contribution in [-0.4, -0.2) is 27.3 Å². The Labute approximate surface area is 97.9 Å². The smallest absolute Gasteiger partial charge is 0.116 e. The predicted molar refractivity (Wildman–Crippen MR) is 59.4 cm³/mol. The summed E-state index contributed by atoms with van der Waals surface area (Å²) in [5.41, 5.74) is 0.300. The topological polar surface area (TPSA) is 60.7 Å². The fourth-order valence-electron chi connectivity index (χ4n) is 1.23. The van der Waals surface area contributed by atoms with Crippen LogP contribution in [-0.2, 0) is 0 Å². The van der Waals surface area contributed by atoms with E-state index in [0.29, 0.717) is 10.6 Å². The van der Waals surface area contributed by atoms with Crippen molar-refractivity contribution in [3.63, 3.8) is 0 Å². The van der Waals surface area contributed by atoms with E-state index >= 15 is 0 Å². The van der Waals surface area contributed by atoms with Gasteiger partial charge in [0.2, 0.25) is 0 Å². The van der Waals surface area contributed by atoms with Gasteiger partial charge in [-0.2, -0.15) is 0 Å². The Morgan fingerprint density at radius 2 is 1.93 bits per heavy atom. The van der Waals surface area contributed by atoms with E-state index in [1.165, 1.54) is 18.2 Å². The number of alkyl halides is 1. The van der Waals surface area contributed by atoms with E-state index < -0.39 is 12.2 Å². The first-order valence-electron chi connectivity index (χ1n) is 4.46. The number of phenols is 1. The molecule has 0 bridgehead atoms. The molecule has 2 atom stereocenters. The summed E-state index contributed by atoms with van der Waals surface area (Å²) in [5.74, 6) is 0.237. The molecule has 2 unspecified atom stereocenters. The molecule has 3 N–H and O–H groups in total. The van der Waals surface area contributed by atoms with Crippen LogP contribution in [0.5, 0.6) is 5.75 Å². The number of aliphatic hydroxyl groups excluding tert-OH is 2. The zero-order valence-electron chi connectivity index (χ0n) is 7.90. The summed E-state index contributed by atoms with van der Waals surface area (Å²) in [6, 6.07) is 4.19. The molecule has 1 aromatic carbocycles. The number of hydrogen-bond donors (Lipinski definition) is 3. The van der Waals surface area contributed by atoms with Crippen LogP contribution in [0.3, 0.4) is 0 Å². The van der Waals surface area contributed by atoms with Crippen molar-refractivity contribution in [1.29, 1.82) is 0 Å². The van der Waals surface area contributed by atoms with Crippen molar-refractivity contribution in [1.82, 2.24) is 0 Å². The number of phenolic OH excluding ortho intramolecular Hbond substituents is 1. The lowest BCUT2D eigenvalue weighted by atomic mass is 10.0. The largest absolute Gasteiger partial charge is 0.508 e. The summed E-state index contributed by atoms with van der Waals surface area (Å²) in [4.78, 5) is 0. The fourth-order valence-corrected chi connectivity index (χ4v) is 1.69. The summed E-state index contributed by atoms with van der Waals surface area (Å²) in [6.07, 6.45) is -1.86. The summed E-state index contributed by atoms with van der Waals surface area (Å²) < 4.78 is 0. The molecule has 0 aliphatic rings. The van der Waals surface area contributed by atoms with Crippen LogP contribution >= 0.6 is 23.2 Å². The van der Waals surface area contributed by atoms with Crippen LogP contribution in [0, 0.1) is 0 Å². The molecule has 0 heterocycles. The van der Waals surface area contributed by atoms with Crippen molar-refractivity contribution in [2.24, 2.45) is 0 Å². The van der Waals surface area contributed by atoms with E-state index in [1.54, 1.807) is 0 Å². The van der Waals surface area contributed by atoms with Crippen LogP contribution in [0.4, 0.5) is 0 Å². The Bertz CT molecular complexity index is 330. The Balaban J connectivity index is 2.89. The van der Waals surface area contributed by atoms with Gasteiger partial charge in [-0.15, -0.1) is 11.6 Å². The van der Waals surface area contributed by atoms with E-state index in [1.807, 2.05) is 0 Å². The molecule has 0 saturated heterocycles. The van der Waals surface area contributed by atoms with Crippen molar-refractivity contribution >= 4 is 23.2 Å². The molecule has 0 amide bonds. The van der Waals surface area contributed by atoms with Gasteiger partial charge in [-0.05, 0) is 24.6 Å². The van der Waals surface area contributed by atoms with E-state index in [0.717, 1.165) is 0 Å². The summed E-state index contributed by atoms with van der Waals surface area (Å²) >= 11 is 11.3. The molecule has 3 nitrogen and oxygen atoms in total. The second-order valence-electron chi connectivity index (χ2n) is 3.20. The maximum atomic E-state index is 9.72. The maximum absolute atomic E-state index is 9.72. The second-order valence-corrected chi connectivity index (χ2v) is 3.98. The molecular formula is C10H12Cl2O3. The van der Waals surface area contributed by atoms with Gasteiger partial charge in [-0.3, -0.25) is 0 Å². The highest BCUT2D eigenvalue weighted by atomic mass is 35.5. The molecule has 0 radical (unpaired) electrons. The zero-order chi connectivity index (χ0) is 11.4. The maximum Gasteiger partial charge on any atom is 0.116 e. The van der Waals surface area contributed by atoms with Gasteiger partial charge in [0.05, 0.1) is 6.10 Å². The molecule has 1 aromatic rings. The molecule has 0 aliphatic heterocycles. The average Bonchev–Trinajstić information content (AvgIpc) is 2.21. The minimum absolute atomic E-state index is 0.00785. The van der Waals surface area contributed by atoms with Crippen molar-refractivity contribution < 1.29 is 15.3 Å². The third-order valence-corrected chi connectivity index (χ3v) is 2.63. The molecule has 0 spiro atoms. The molecule has 0 fully saturated rings. The average molecular weight is 251 g/mol. The number of aliphatic hydroxyl groups is 2. The van der Waals surface area contributed by atoms with Gasteiger partial charge in [0, 0.05) is 16.5 Å². The first-order chi connectivity index (χ1) is 7.06. The van der Waals surface area contributed by atoms with Crippen molar-refractivity contribution in [2.75, 3.05) is 5.88 Å². The molecule has 1 rings (SSSR count). The van der Waals surface area contributed by atoms with E-state index in [4.69, 9.17) is 23.2 Å². The molecule has 84 valence electrons. The number of hydrogen-bond acceptors (Lipinski definition) is 3. The van der Waals surface area contributed by atoms with Crippen LogP contribution in [0.15, 0.2) is 18.2 Å². The van der Waals surface area contributed by atoms with Gasteiger partial charge in [0.25, 0.3) is 0 Å². The first-order valence-corrected chi connectivity index (χ1v) is 5.38. The Kier molecular flexibility index (Phi) is 4.67. The van der Waals surface area contributed by atoms with Gasteiger partial charge in [-0.1, -0.05) is 11.6 Å². The van der Waals surface area contributed by atoms with Crippen molar-refractivity contribution in [3.05, 3.63) is 28.8 Å². The quantitative estimate of drug-likeness (QED) is 0.718. The lowest BCUT2D eigenvalue weighted by Crippen LogP contribution is -2.18. The highest BCUT2D eigenvalue weighted by molar-refractivity contribution is 6.31. The lowest BCUT2D eigenvalue weighted by molar-refractivity contribution is 0.0169.